The Morgan fingerprint density at radius 2 is 0.585 bits per heavy atom. The maximum Gasteiger partial charge on any atom is 0.188 e. The Morgan fingerprint density at radius 3 is 0.954 bits per heavy atom. The van der Waals surface area contributed by atoms with Crippen LogP contribution in [0.4, 0.5) is 0 Å². The number of furan rings is 2. The van der Waals surface area contributed by atoms with Crippen LogP contribution in [0.15, 0.2) is 239 Å². The number of para-hydroxylation sites is 6. The topological polar surface area (TPSA) is 36.1 Å². The minimum atomic E-state index is -3.53. The normalized spacial score (nSPS) is 12.3. The summed E-state index contributed by atoms with van der Waals surface area (Å²) in [5.41, 5.74) is 10.3. The SMILES string of the molecule is c1ccc([Si](c2ccccc2)(c2cc(-n3c4ccccc4c4ccccc43)cc3c2oc2ccccc23)c2cc(-n3c4ccccc4c4ccccc43)cc3c2oc2ccccc23)cc1. The summed E-state index contributed by atoms with van der Waals surface area (Å²) in [6.07, 6.45) is 0. The van der Waals surface area contributed by atoms with Gasteiger partial charge in [-0.15, -0.1) is 0 Å². The molecule has 4 aromatic heterocycles. The molecule has 0 fully saturated rings. The first kappa shape index (κ1) is 36.1. The lowest BCUT2D eigenvalue weighted by atomic mass is 10.1. The van der Waals surface area contributed by atoms with E-state index in [1.807, 2.05) is 0 Å². The van der Waals surface area contributed by atoms with Crippen molar-refractivity contribution in [3.8, 4) is 11.4 Å². The summed E-state index contributed by atoms with van der Waals surface area (Å²) < 4.78 is 19.5. The molecule has 0 unspecified atom stereocenters. The van der Waals surface area contributed by atoms with Gasteiger partial charge in [-0.2, -0.15) is 0 Å². The van der Waals surface area contributed by atoms with Gasteiger partial charge >= 0.3 is 0 Å². The van der Waals surface area contributed by atoms with E-state index in [0.29, 0.717) is 0 Å². The highest BCUT2D eigenvalue weighted by Gasteiger charge is 2.47. The van der Waals surface area contributed by atoms with Crippen LogP contribution in [0.1, 0.15) is 0 Å². The molecule has 10 aromatic carbocycles. The molecule has 4 nitrogen and oxygen atoms in total. The third kappa shape index (κ3) is 5.07. The maximum atomic E-state index is 7.28. The van der Waals surface area contributed by atoms with Gasteiger partial charge in [-0.25, -0.2) is 0 Å². The van der Waals surface area contributed by atoms with E-state index >= 15 is 0 Å². The molecule has 65 heavy (non-hydrogen) atoms. The standard InChI is InChI=1S/C60H38N2O2Si/c1-3-19-41(20-4-1)65(42-21-5-2-6-22-42,57-37-39(35-49-47-27-11-17-33-55(47)63-59(49)57)61-51-29-13-7-23-43(51)44-24-8-14-30-52(44)61)58-38-40(36-50-48-28-12-18-34-56(48)64-60(50)58)62-53-31-15-9-25-45(53)46-26-10-16-32-54(46)62/h1-38H. The fourth-order valence-corrected chi connectivity index (χ4v) is 16.2. The van der Waals surface area contributed by atoms with E-state index < -0.39 is 8.07 Å². The number of hydrogen-bond acceptors (Lipinski definition) is 2. The van der Waals surface area contributed by atoms with Gasteiger partial charge < -0.3 is 18.0 Å². The van der Waals surface area contributed by atoms with Crippen LogP contribution in [0, 0.1) is 0 Å². The molecule has 4 heterocycles. The van der Waals surface area contributed by atoms with Crippen molar-refractivity contribution < 1.29 is 8.83 Å². The number of fused-ring (bicyclic) bond motifs is 12. The highest BCUT2D eigenvalue weighted by molar-refractivity contribution is 7.21. The molecule has 14 rings (SSSR count). The second kappa shape index (κ2) is 13.8. The van der Waals surface area contributed by atoms with Crippen LogP contribution < -0.4 is 20.7 Å². The van der Waals surface area contributed by atoms with E-state index in [1.165, 1.54) is 31.9 Å². The Morgan fingerprint density at radius 1 is 0.277 bits per heavy atom. The zero-order valence-electron chi connectivity index (χ0n) is 35.2. The minimum Gasteiger partial charge on any atom is -0.456 e. The van der Waals surface area contributed by atoms with Gasteiger partial charge in [-0.1, -0.05) is 170 Å². The van der Waals surface area contributed by atoms with Gasteiger partial charge in [0, 0.05) is 54.5 Å². The van der Waals surface area contributed by atoms with Crippen molar-refractivity contribution >= 4 is 116 Å². The van der Waals surface area contributed by atoms with Crippen molar-refractivity contribution in [1.29, 1.82) is 0 Å². The molecular weight excluding hydrogens is 809 g/mol. The Kier molecular flexibility index (Phi) is 7.68. The van der Waals surface area contributed by atoms with Gasteiger partial charge in [-0.3, -0.25) is 0 Å². The van der Waals surface area contributed by atoms with Crippen LogP contribution in [0.5, 0.6) is 0 Å². The number of aromatic nitrogens is 2. The third-order valence-corrected chi connectivity index (χ3v) is 18.6. The van der Waals surface area contributed by atoms with Crippen LogP contribution in [0.25, 0.3) is 98.9 Å². The highest BCUT2D eigenvalue weighted by atomic mass is 28.3. The first-order valence-corrected chi connectivity index (χ1v) is 24.3. The Bertz CT molecular complexity index is 3810. The van der Waals surface area contributed by atoms with Gasteiger partial charge in [0.25, 0.3) is 0 Å². The summed E-state index contributed by atoms with van der Waals surface area (Å²) in [5, 5.41) is 14.0. The van der Waals surface area contributed by atoms with Crippen LogP contribution in [0.2, 0.25) is 0 Å². The van der Waals surface area contributed by atoms with Gasteiger partial charge in [0.05, 0.1) is 22.1 Å². The van der Waals surface area contributed by atoms with Crippen molar-refractivity contribution in [2.24, 2.45) is 0 Å². The summed E-state index contributed by atoms with van der Waals surface area (Å²) in [7, 11) is -3.53. The molecular formula is C60H38N2O2Si. The summed E-state index contributed by atoms with van der Waals surface area (Å²) in [4.78, 5) is 0. The van der Waals surface area contributed by atoms with Gasteiger partial charge in [0.2, 0.25) is 0 Å². The van der Waals surface area contributed by atoms with E-state index in [2.05, 4.69) is 240 Å². The predicted octanol–water partition coefficient (Wildman–Crippen LogP) is 13.1. The lowest BCUT2D eigenvalue weighted by Crippen LogP contribution is -2.75. The lowest BCUT2D eigenvalue weighted by Gasteiger charge is -2.35. The van der Waals surface area contributed by atoms with Gasteiger partial charge in [-0.05, 0) is 81.4 Å². The summed E-state index contributed by atoms with van der Waals surface area (Å²) in [6, 6.07) is 84.1. The fraction of sp³-hybridized carbons (Fsp3) is 0. The molecule has 0 saturated heterocycles. The first-order valence-electron chi connectivity index (χ1n) is 22.3. The second-order valence-electron chi connectivity index (χ2n) is 17.2. The van der Waals surface area contributed by atoms with Crippen molar-refractivity contribution in [1.82, 2.24) is 9.13 Å². The summed E-state index contributed by atoms with van der Waals surface area (Å²) >= 11 is 0. The number of rotatable bonds is 6. The maximum absolute atomic E-state index is 7.28. The molecule has 0 aliphatic heterocycles. The molecule has 0 bridgehead atoms. The third-order valence-electron chi connectivity index (χ3n) is 13.8. The van der Waals surface area contributed by atoms with Crippen LogP contribution in [-0.4, -0.2) is 17.2 Å². The van der Waals surface area contributed by atoms with Crippen molar-refractivity contribution in [2.45, 2.75) is 0 Å². The number of benzene rings is 10. The Labute approximate surface area is 374 Å². The molecule has 14 aromatic rings. The first-order chi connectivity index (χ1) is 32.3. The molecule has 0 N–H and O–H groups in total. The molecule has 0 aliphatic carbocycles. The molecule has 0 spiro atoms. The van der Waals surface area contributed by atoms with Crippen molar-refractivity contribution in [3.63, 3.8) is 0 Å². The average Bonchev–Trinajstić information content (AvgIpc) is 4.13. The quantitative estimate of drug-likeness (QED) is 0.123. The van der Waals surface area contributed by atoms with Gasteiger partial charge in [0.1, 0.15) is 22.3 Å². The fourth-order valence-electron chi connectivity index (χ4n) is 11.2. The van der Waals surface area contributed by atoms with E-state index in [9.17, 15) is 0 Å². The molecule has 0 saturated carbocycles. The van der Waals surface area contributed by atoms with E-state index in [0.717, 1.165) is 87.7 Å². The molecule has 5 heteroatoms. The molecule has 0 radical (unpaired) electrons. The van der Waals surface area contributed by atoms with E-state index in [-0.39, 0.29) is 0 Å². The summed E-state index contributed by atoms with van der Waals surface area (Å²) in [5.74, 6) is 0. The molecule has 304 valence electrons. The highest BCUT2D eigenvalue weighted by Crippen LogP contribution is 2.39. The van der Waals surface area contributed by atoms with Gasteiger partial charge in [0.15, 0.2) is 8.07 Å². The largest absolute Gasteiger partial charge is 0.456 e. The summed E-state index contributed by atoms with van der Waals surface area (Å²) in [6.45, 7) is 0. The van der Waals surface area contributed by atoms with Crippen LogP contribution >= 0.6 is 0 Å². The minimum absolute atomic E-state index is 0.861. The monoisotopic (exact) mass is 846 g/mol. The smallest absolute Gasteiger partial charge is 0.188 e. The van der Waals surface area contributed by atoms with Crippen LogP contribution in [-0.2, 0) is 0 Å². The van der Waals surface area contributed by atoms with Crippen molar-refractivity contribution in [3.05, 3.63) is 231 Å². The molecule has 0 aliphatic rings. The van der Waals surface area contributed by atoms with E-state index in [1.54, 1.807) is 0 Å². The lowest BCUT2D eigenvalue weighted by molar-refractivity contribution is 0.670. The number of hydrogen-bond donors (Lipinski definition) is 0. The predicted molar refractivity (Wildman–Crippen MR) is 273 cm³/mol. The average molecular weight is 847 g/mol. The van der Waals surface area contributed by atoms with Crippen LogP contribution in [0.3, 0.4) is 0 Å². The van der Waals surface area contributed by atoms with Crippen molar-refractivity contribution in [2.75, 3.05) is 0 Å². The Balaban J connectivity index is 1.22. The number of nitrogens with zero attached hydrogens (tertiary/aromatic N) is 2. The zero-order valence-corrected chi connectivity index (χ0v) is 36.2. The molecule has 0 atom stereocenters. The Hall–Kier alpha value is -8.38. The second-order valence-corrected chi connectivity index (χ2v) is 20.9. The molecule has 0 amide bonds. The van der Waals surface area contributed by atoms with E-state index in [4.69, 9.17) is 8.83 Å². The zero-order chi connectivity index (χ0) is 42.6.